The lowest BCUT2D eigenvalue weighted by molar-refractivity contribution is -0.142. The summed E-state index contributed by atoms with van der Waals surface area (Å²) in [5, 5.41) is 7.98. The molecule has 0 unspecified atom stereocenters. The van der Waals surface area contributed by atoms with Gasteiger partial charge >= 0.3 is 5.97 Å². The summed E-state index contributed by atoms with van der Waals surface area (Å²) < 4.78 is 26.2. The highest BCUT2D eigenvalue weighted by molar-refractivity contribution is 5.99. The Bertz CT molecular complexity index is 1340. The van der Waals surface area contributed by atoms with Gasteiger partial charge in [-0.2, -0.15) is 0 Å². The summed E-state index contributed by atoms with van der Waals surface area (Å²) in [6.45, 7) is 5.21. The van der Waals surface area contributed by atoms with Gasteiger partial charge in [-0.3, -0.25) is 9.59 Å². The van der Waals surface area contributed by atoms with Crippen molar-refractivity contribution in [2.45, 2.75) is 33.6 Å². The van der Waals surface area contributed by atoms with Crippen molar-refractivity contribution in [3.05, 3.63) is 88.8 Å². The first-order valence-electron chi connectivity index (χ1n) is 10.8. The molecule has 8 heteroatoms. The number of carbonyl (C=O) groups is 2. The van der Waals surface area contributed by atoms with E-state index in [1.165, 1.54) is 12.1 Å². The molecule has 0 fully saturated rings. The zero-order chi connectivity index (χ0) is 24.2. The predicted molar refractivity (Wildman–Crippen MR) is 123 cm³/mol. The molecule has 0 radical (unpaired) electrons. The Kier molecular flexibility index (Phi) is 6.67. The van der Waals surface area contributed by atoms with Gasteiger partial charge in [-0.05, 0) is 57.2 Å². The molecule has 2 heterocycles. The molecule has 2 aromatic carbocycles. The molecule has 0 bridgehead atoms. The number of Topliss-reactive ketones (excluding diaryl/α,β-unsaturated/α-hetero) is 1. The monoisotopic (exact) mass is 461 g/mol. The van der Waals surface area contributed by atoms with Crippen LogP contribution in [0.5, 0.6) is 0 Å². The summed E-state index contributed by atoms with van der Waals surface area (Å²) in [6, 6.07) is 15.5. The van der Waals surface area contributed by atoms with Crippen LogP contribution in [0.4, 0.5) is 4.39 Å². The van der Waals surface area contributed by atoms with Crippen molar-refractivity contribution in [2.24, 2.45) is 0 Å². The second-order valence-electron chi connectivity index (χ2n) is 8.05. The lowest BCUT2D eigenvalue weighted by Crippen LogP contribution is -2.15. The van der Waals surface area contributed by atoms with Gasteiger partial charge in [0, 0.05) is 34.6 Å². The minimum Gasteiger partial charge on any atom is -0.457 e. The normalized spacial score (nSPS) is 10.9. The van der Waals surface area contributed by atoms with Gasteiger partial charge in [0.05, 0.1) is 6.42 Å². The lowest BCUT2D eigenvalue weighted by Gasteiger charge is -2.10. The van der Waals surface area contributed by atoms with Gasteiger partial charge in [-0.15, -0.1) is 10.2 Å². The number of ketones is 1. The Morgan fingerprint density at radius 3 is 2.53 bits per heavy atom. The van der Waals surface area contributed by atoms with Crippen molar-refractivity contribution in [1.82, 2.24) is 14.8 Å². The third-order valence-electron chi connectivity index (χ3n) is 5.47. The highest BCUT2D eigenvalue weighted by atomic mass is 19.1. The van der Waals surface area contributed by atoms with E-state index < -0.39 is 5.97 Å². The van der Waals surface area contributed by atoms with Gasteiger partial charge in [0.15, 0.2) is 6.61 Å². The molecule has 0 saturated carbocycles. The molecule has 0 aliphatic rings. The van der Waals surface area contributed by atoms with Crippen LogP contribution in [0.2, 0.25) is 0 Å². The van der Waals surface area contributed by atoms with Gasteiger partial charge in [-0.1, -0.05) is 23.8 Å². The highest BCUT2D eigenvalue weighted by Gasteiger charge is 2.19. The maximum Gasteiger partial charge on any atom is 0.306 e. The van der Waals surface area contributed by atoms with E-state index in [-0.39, 0.29) is 31.0 Å². The zero-order valence-electron chi connectivity index (χ0n) is 19.2. The smallest absolute Gasteiger partial charge is 0.306 e. The molecule has 0 amide bonds. The van der Waals surface area contributed by atoms with E-state index in [0.29, 0.717) is 28.7 Å². The zero-order valence-corrected chi connectivity index (χ0v) is 19.2. The minimum absolute atomic E-state index is 0.00508. The molecule has 7 nitrogen and oxygen atoms in total. The standard InChI is InChI=1S/C26H24FN3O4/c1-16-7-9-19(10-8-16)26-29-28-24(34-26)11-12-25(32)33-15-23(31)22-13-17(2)30(18(22)3)21-6-4-5-20(27)14-21/h4-10,13-14H,11-12,15H2,1-3H3. The van der Waals surface area contributed by atoms with Crippen LogP contribution in [0.1, 0.15) is 39.6 Å². The molecule has 0 spiro atoms. The van der Waals surface area contributed by atoms with Gasteiger partial charge < -0.3 is 13.7 Å². The molecular weight excluding hydrogens is 437 g/mol. The van der Waals surface area contributed by atoms with Crippen LogP contribution in [-0.4, -0.2) is 33.1 Å². The molecule has 0 aliphatic heterocycles. The molecule has 0 saturated heterocycles. The van der Waals surface area contributed by atoms with Crippen molar-refractivity contribution >= 4 is 11.8 Å². The Hall–Kier alpha value is -4.07. The number of hydrogen-bond acceptors (Lipinski definition) is 6. The van der Waals surface area contributed by atoms with Crippen LogP contribution >= 0.6 is 0 Å². The first-order valence-corrected chi connectivity index (χ1v) is 10.8. The van der Waals surface area contributed by atoms with Crippen molar-refractivity contribution in [1.29, 1.82) is 0 Å². The maximum atomic E-state index is 13.6. The average Bonchev–Trinajstić information content (AvgIpc) is 3.40. The Morgan fingerprint density at radius 2 is 1.79 bits per heavy atom. The number of carbonyl (C=O) groups excluding carboxylic acids is 2. The quantitative estimate of drug-likeness (QED) is 0.273. The van der Waals surface area contributed by atoms with E-state index in [0.717, 1.165) is 16.8 Å². The van der Waals surface area contributed by atoms with E-state index in [2.05, 4.69) is 10.2 Å². The number of hydrogen-bond donors (Lipinski definition) is 0. The predicted octanol–water partition coefficient (Wildman–Crippen LogP) is 4.95. The lowest BCUT2D eigenvalue weighted by atomic mass is 10.1. The summed E-state index contributed by atoms with van der Waals surface area (Å²) in [4.78, 5) is 24.9. The fourth-order valence-electron chi connectivity index (χ4n) is 3.73. The van der Waals surface area contributed by atoms with Crippen molar-refractivity contribution < 1.29 is 23.1 Å². The Labute approximate surface area is 196 Å². The van der Waals surface area contributed by atoms with Crippen LogP contribution < -0.4 is 0 Å². The third kappa shape index (κ3) is 5.11. The summed E-state index contributed by atoms with van der Waals surface area (Å²) >= 11 is 0. The van der Waals surface area contributed by atoms with E-state index in [4.69, 9.17) is 9.15 Å². The Balaban J connectivity index is 1.33. The number of rotatable bonds is 8. The van der Waals surface area contributed by atoms with E-state index in [1.807, 2.05) is 38.1 Å². The van der Waals surface area contributed by atoms with Crippen molar-refractivity contribution in [3.63, 3.8) is 0 Å². The molecule has 0 N–H and O–H groups in total. The van der Waals surface area contributed by atoms with Gasteiger partial charge in [-0.25, -0.2) is 4.39 Å². The molecule has 4 rings (SSSR count). The first-order chi connectivity index (χ1) is 16.3. The van der Waals surface area contributed by atoms with E-state index >= 15 is 0 Å². The second-order valence-corrected chi connectivity index (χ2v) is 8.05. The minimum atomic E-state index is -0.539. The van der Waals surface area contributed by atoms with Crippen LogP contribution in [0.3, 0.4) is 0 Å². The molecule has 2 aromatic heterocycles. The SMILES string of the molecule is Cc1ccc(-c2nnc(CCC(=O)OCC(=O)c3cc(C)n(-c4cccc(F)c4)c3C)o2)cc1. The summed E-state index contributed by atoms with van der Waals surface area (Å²) in [5.41, 5.74) is 4.40. The van der Waals surface area contributed by atoms with Crippen molar-refractivity contribution in [2.75, 3.05) is 6.61 Å². The fourth-order valence-corrected chi connectivity index (χ4v) is 3.73. The second kappa shape index (κ2) is 9.82. The number of benzene rings is 2. The van der Waals surface area contributed by atoms with Crippen LogP contribution in [0, 0.1) is 26.6 Å². The van der Waals surface area contributed by atoms with Crippen molar-refractivity contribution in [3.8, 4) is 17.1 Å². The van der Waals surface area contributed by atoms with Crippen LogP contribution in [-0.2, 0) is 16.0 Å². The number of nitrogens with zero attached hydrogens (tertiary/aromatic N) is 3. The van der Waals surface area contributed by atoms with Gasteiger partial charge in [0.2, 0.25) is 17.6 Å². The molecule has 0 aliphatic carbocycles. The molecule has 34 heavy (non-hydrogen) atoms. The van der Waals surface area contributed by atoms with Gasteiger partial charge in [0.25, 0.3) is 0 Å². The average molecular weight is 461 g/mol. The molecular formula is C26H24FN3O4. The maximum absolute atomic E-state index is 13.6. The topological polar surface area (TPSA) is 87.2 Å². The molecule has 4 aromatic rings. The fraction of sp³-hybridized carbons (Fsp3) is 0.231. The number of halogens is 1. The number of ether oxygens (including phenoxy) is 1. The molecule has 174 valence electrons. The summed E-state index contributed by atoms with van der Waals surface area (Å²) in [7, 11) is 0. The summed E-state index contributed by atoms with van der Waals surface area (Å²) in [6.07, 6.45) is 0.213. The number of aromatic nitrogens is 3. The van der Waals surface area contributed by atoms with E-state index in [9.17, 15) is 14.0 Å². The third-order valence-corrected chi connectivity index (χ3v) is 5.47. The van der Waals surface area contributed by atoms with Crippen LogP contribution in [0.25, 0.3) is 17.1 Å². The van der Waals surface area contributed by atoms with Gasteiger partial charge in [0.1, 0.15) is 5.82 Å². The Morgan fingerprint density at radius 1 is 1.03 bits per heavy atom. The summed E-state index contributed by atoms with van der Waals surface area (Å²) in [5.74, 6) is -0.533. The largest absolute Gasteiger partial charge is 0.457 e. The molecule has 0 atom stereocenters. The van der Waals surface area contributed by atoms with E-state index in [1.54, 1.807) is 29.7 Å². The number of esters is 1. The highest BCUT2D eigenvalue weighted by Crippen LogP contribution is 2.22. The first kappa shape index (κ1) is 23.1. The van der Waals surface area contributed by atoms with Crippen LogP contribution in [0.15, 0.2) is 59.0 Å². The number of aryl methyl sites for hydroxylation is 3.